The second kappa shape index (κ2) is 7.02. The Bertz CT molecular complexity index is 656. The third-order valence-electron chi connectivity index (χ3n) is 3.33. The maximum Gasteiger partial charge on any atom is 0.224 e. The van der Waals surface area contributed by atoms with Gasteiger partial charge < -0.3 is 10.1 Å². The summed E-state index contributed by atoms with van der Waals surface area (Å²) in [6, 6.07) is 9.90. The van der Waals surface area contributed by atoms with Crippen LogP contribution in [0.2, 0.25) is 0 Å². The van der Waals surface area contributed by atoms with E-state index in [-0.39, 0.29) is 17.9 Å². The fourth-order valence-corrected chi connectivity index (χ4v) is 2.15. The van der Waals surface area contributed by atoms with E-state index in [0.29, 0.717) is 5.75 Å². The van der Waals surface area contributed by atoms with Gasteiger partial charge in [-0.25, -0.2) is 8.78 Å². The first-order chi connectivity index (χ1) is 10.5. The van der Waals surface area contributed by atoms with E-state index in [1.165, 1.54) is 12.1 Å². The number of nitrogens with one attached hydrogen (secondary N) is 1. The molecule has 0 fully saturated rings. The number of carbonyl (C=O) groups is 1. The summed E-state index contributed by atoms with van der Waals surface area (Å²) in [5, 5.41) is 2.70. The predicted octanol–water partition coefficient (Wildman–Crippen LogP) is 3.39. The van der Waals surface area contributed by atoms with E-state index in [9.17, 15) is 13.6 Å². The molecule has 0 spiro atoms. The van der Waals surface area contributed by atoms with E-state index < -0.39 is 17.7 Å². The lowest BCUT2D eigenvalue weighted by Gasteiger charge is -2.15. The number of carbonyl (C=O) groups excluding carboxylic acids is 1. The van der Waals surface area contributed by atoms with Crippen LogP contribution in [0.15, 0.2) is 42.5 Å². The van der Waals surface area contributed by atoms with Crippen LogP contribution in [-0.2, 0) is 11.2 Å². The Morgan fingerprint density at radius 3 is 2.45 bits per heavy atom. The molecule has 0 aliphatic heterocycles. The zero-order valence-electron chi connectivity index (χ0n) is 12.4. The maximum absolute atomic E-state index is 13.7. The smallest absolute Gasteiger partial charge is 0.224 e. The summed E-state index contributed by atoms with van der Waals surface area (Å²) in [5.41, 5.74) is 1.08. The van der Waals surface area contributed by atoms with Gasteiger partial charge in [0.1, 0.15) is 17.4 Å². The molecule has 0 saturated heterocycles. The Labute approximate surface area is 127 Å². The molecule has 0 aliphatic rings. The molecule has 1 N–H and O–H groups in total. The van der Waals surface area contributed by atoms with Gasteiger partial charge in [-0.05, 0) is 30.7 Å². The van der Waals surface area contributed by atoms with Crippen LogP contribution in [0, 0.1) is 11.6 Å². The van der Waals surface area contributed by atoms with Crippen molar-refractivity contribution in [2.45, 2.75) is 19.4 Å². The number of ether oxygens (including phenoxy) is 1. The lowest BCUT2D eigenvalue weighted by Crippen LogP contribution is -2.28. The second-order valence-corrected chi connectivity index (χ2v) is 4.98. The standard InChI is InChI=1S/C17H17F2NO2/c1-11(15-8-5-13(18)10-16(15)19)20-17(21)9-12-3-6-14(22-2)7-4-12/h3-8,10-11H,9H2,1-2H3,(H,20,21). The maximum atomic E-state index is 13.7. The zero-order valence-corrected chi connectivity index (χ0v) is 12.4. The van der Waals surface area contributed by atoms with Crippen LogP contribution in [0.3, 0.4) is 0 Å². The highest BCUT2D eigenvalue weighted by atomic mass is 19.1. The summed E-state index contributed by atoms with van der Waals surface area (Å²) in [6.45, 7) is 1.65. The fraction of sp³-hybridized carbons (Fsp3) is 0.235. The van der Waals surface area contributed by atoms with Crippen molar-refractivity contribution < 1.29 is 18.3 Å². The molecule has 0 radical (unpaired) electrons. The first kappa shape index (κ1) is 15.9. The van der Waals surface area contributed by atoms with Gasteiger partial charge in [-0.1, -0.05) is 18.2 Å². The van der Waals surface area contributed by atoms with Gasteiger partial charge in [0.25, 0.3) is 0 Å². The second-order valence-electron chi connectivity index (χ2n) is 4.98. The molecule has 0 aliphatic carbocycles. The molecular formula is C17H17F2NO2. The van der Waals surface area contributed by atoms with Crippen molar-refractivity contribution in [3.8, 4) is 5.75 Å². The third-order valence-corrected chi connectivity index (χ3v) is 3.33. The Morgan fingerprint density at radius 1 is 1.18 bits per heavy atom. The Balaban J connectivity index is 1.98. The van der Waals surface area contributed by atoms with Gasteiger partial charge in [0.05, 0.1) is 19.6 Å². The van der Waals surface area contributed by atoms with Gasteiger partial charge in [-0.2, -0.15) is 0 Å². The molecule has 22 heavy (non-hydrogen) atoms. The minimum atomic E-state index is -0.669. The van der Waals surface area contributed by atoms with E-state index in [2.05, 4.69) is 5.32 Å². The van der Waals surface area contributed by atoms with E-state index >= 15 is 0 Å². The molecule has 1 unspecified atom stereocenters. The van der Waals surface area contributed by atoms with E-state index in [1.807, 2.05) is 0 Å². The van der Waals surface area contributed by atoms with Gasteiger partial charge in [0.2, 0.25) is 5.91 Å². The molecule has 0 bridgehead atoms. The van der Waals surface area contributed by atoms with Crippen LogP contribution in [0.1, 0.15) is 24.1 Å². The summed E-state index contributed by atoms with van der Waals surface area (Å²) in [4.78, 5) is 12.0. The number of benzene rings is 2. The molecule has 1 amide bonds. The predicted molar refractivity (Wildman–Crippen MR) is 79.6 cm³/mol. The molecule has 2 aromatic carbocycles. The molecule has 3 nitrogen and oxygen atoms in total. The van der Waals surface area contributed by atoms with Crippen molar-refractivity contribution >= 4 is 5.91 Å². The minimum Gasteiger partial charge on any atom is -0.497 e. The van der Waals surface area contributed by atoms with Crippen molar-refractivity contribution in [3.63, 3.8) is 0 Å². The monoisotopic (exact) mass is 305 g/mol. The topological polar surface area (TPSA) is 38.3 Å². The van der Waals surface area contributed by atoms with Gasteiger partial charge in [0, 0.05) is 11.6 Å². The van der Waals surface area contributed by atoms with Crippen molar-refractivity contribution in [1.82, 2.24) is 5.32 Å². The zero-order chi connectivity index (χ0) is 16.1. The summed E-state index contributed by atoms with van der Waals surface area (Å²) >= 11 is 0. The lowest BCUT2D eigenvalue weighted by molar-refractivity contribution is -0.121. The van der Waals surface area contributed by atoms with Crippen LogP contribution in [0.25, 0.3) is 0 Å². The molecule has 116 valence electrons. The summed E-state index contributed by atoms with van der Waals surface area (Å²) < 4.78 is 31.6. The first-order valence-electron chi connectivity index (χ1n) is 6.87. The minimum absolute atomic E-state index is 0.178. The van der Waals surface area contributed by atoms with Crippen LogP contribution < -0.4 is 10.1 Å². The number of hydrogen-bond donors (Lipinski definition) is 1. The van der Waals surface area contributed by atoms with Crippen LogP contribution >= 0.6 is 0 Å². The quantitative estimate of drug-likeness (QED) is 0.919. The molecule has 2 rings (SSSR count). The van der Waals surface area contributed by atoms with E-state index in [4.69, 9.17) is 4.74 Å². The van der Waals surface area contributed by atoms with Crippen molar-refractivity contribution in [2.75, 3.05) is 7.11 Å². The molecule has 0 aromatic heterocycles. The summed E-state index contributed by atoms with van der Waals surface area (Å²) in [6.07, 6.45) is 0.178. The van der Waals surface area contributed by atoms with Gasteiger partial charge >= 0.3 is 0 Å². The van der Waals surface area contributed by atoms with Crippen molar-refractivity contribution in [3.05, 3.63) is 65.2 Å². The van der Waals surface area contributed by atoms with Gasteiger partial charge in [-0.15, -0.1) is 0 Å². The number of hydrogen-bond acceptors (Lipinski definition) is 2. The number of amides is 1. The highest BCUT2D eigenvalue weighted by Gasteiger charge is 2.14. The van der Waals surface area contributed by atoms with E-state index in [0.717, 1.165) is 11.6 Å². The third kappa shape index (κ3) is 4.04. The van der Waals surface area contributed by atoms with Crippen LogP contribution in [0.5, 0.6) is 5.75 Å². The average Bonchev–Trinajstić information content (AvgIpc) is 2.47. The Hall–Kier alpha value is -2.43. The SMILES string of the molecule is COc1ccc(CC(=O)NC(C)c2ccc(F)cc2F)cc1. The Morgan fingerprint density at radius 2 is 1.86 bits per heavy atom. The van der Waals surface area contributed by atoms with Crippen molar-refractivity contribution in [2.24, 2.45) is 0 Å². The van der Waals surface area contributed by atoms with Crippen molar-refractivity contribution in [1.29, 1.82) is 0 Å². The highest BCUT2D eigenvalue weighted by molar-refractivity contribution is 5.79. The number of rotatable bonds is 5. The summed E-state index contributed by atoms with van der Waals surface area (Å²) in [5.74, 6) is -0.831. The molecule has 1 atom stereocenters. The Kier molecular flexibility index (Phi) is 5.09. The lowest BCUT2D eigenvalue weighted by atomic mass is 10.1. The molecule has 5 heteroatoms. The normalized spacial score (nSPS) is 11.8. The van der Waals surface area contributed by atoms with Gasteiger partial charge in [-0.3, -0.25) is 4.79 Å². The molecular weight excluding hydrogens is 288 g/mol. The van der Waals surface area contributed by atoms with Crippen LogP contribution in [0.4, 0.5) is 8.78 Å². The molecule has 0 saturated carbocycles. The van der Waals surface area contributed by atoms with E-state index in [1.54, 1.807) is 38.3 Å². The average molecular weight is 305 g/mol. The largest absolute Gasteiger partial charge is 0.497 e. The van der Waals surface area contributed by atoms with Crippen LogP contribution in [-0.4, -0.2) is 13.0 Å². The fourth-order valence-electron chi connectivity index (χ4n) is 2.15. The molecule has 0 heterocycles. The molecule has 2 aromatic rings. The number of methoxy groups -OCH3 is 1. The highest BCUT2D eigenvalue weighted by Crippen LogP contribution is 2.18. The summed E-state index contributed by atoms with van der Waals surface area (Å²) in [7, 11) is 1.57. The number of halogens is 2. The first-order valence-corrected chi connectivity index (χ1v) is 6.87. The van der Waals surface area contributed by atoms with Gasteiger partial charge in [0.15, 0.2) is 0 Å².